The minimum absolute atomic E-state index is 0. The Morgan fingerprint density at radius 2 is 0.957 bits per heavy atom. The molecule has 1 heterocycles. The Morgan fingerprint density at radius 3 is 1.37 bits per heavy atom. The minimum Gasteiger partial charge on any atom is -0.743 e. The van der Waals surface area contributed by atoms with E-state index in [1.54, 1.807) is 26.0 Å². The molecule has 1 aliphatic heterocycles. The zero-order valence-corrected chi connectivity index (χ0v) is 80.3. The molecule has 20 nitrogen and oxygen atoms in total. The lowest BCUT2D eigenvalue weighted by atomic mass is 9.46. The van der Waals surface area contributed by atoms with E-state index in [1.807, 2.05) is 76.2 Å². The summed E-state index contributed by atoms with van der Waals surface area (Å²) in [6.45, 7) is 33.2. The van der Waals surface area contributed by atoms with Gasteiger partial charge in [0.1, 0.15) is 34.8 Å². The SMILES string of the molecule is C.C.C.C.C.C.C.C.C.C.CCC(C)(C)C(=O)OC(C)(C)C12CC3CC(CC(C3)C1)C2.CCC(C)(C)C(=O)OC12CC3CC(CC(O)(C3)C1)C2.CCC(C)(C)C(=O)OCC(=O)OC1C2CC3C1OC(=O)C3(C#N)C2.CCC(C)c1ccc2cc(OS(=O)(=O)C(F)(F)C(F)(F)C(F)(F)S(=O)(=O)[O-])ccc2c1.CCC1(OC(=O)C(C)(C)CC)CCCC1.c1ccc([S+](c2ccccc2)c2ccccc2)cc1. The predicted molar refractivity (Wildman–Crippen MR) is 544 cm³/mol. The summed E-state index contributed by atoms with van der Waals surface area (Å²) < 4.78 is 173. The van der Waals surface area contributed by atoms with Gasteiger partial charge in [-0.2, -0.15) is 40.0 Å². The van der Waals surface area contributed by atoms with Crippen LogP contribution in [-0.2, 0) is 88.3 Å². The molecule has 5 aromatic carbocycles. The van der Waals surface area contributed by atoms with E-state index in [4.69, 9.17) is 28.4 Å². The van der Waals surface area contributed by atoms with E-state index in [1.165, 1.54) is 84.6 Å². The van der Waals surface area contributed by atoms with E-state index in [2.05, 4.69) is 129 Å². The molecule has 12 fully saturated rings. The molecule has 29 heteroatoms. The Kier molecular flexibility index (Phi) is 47.3. The highest BCUT2D eigenvalue weighted by Crippen LogP contribution is 2.66. The third-order valence-corrected chi connectivity index (χ3v) is 34.4. The number of hydrogen-bond acceptors (Lipinski definition) is 20. The van der Waals surface area contributed by atoms with E-state index in [9.17, 15) is 86.9 Å². The van der Waals surface area contributed by atoms with E-state index in [-0.39, 0.29) is 159 Å². The van der Waals surface area contributed by atoms with Gasteiger partial charge in [0.05, 0.1) is 44.2 Å². The summed E-state index contributed by atoms with van der Waals surface area (Å²) in [7, 11) is -14.2. The van der Waals surface area contributed by atoms with Crippen molar-refractivity contribution in [3.63, 3.8) is 0 Å². The Morgan fingerprint density at radius 1 is 0.540 bits per heavy atom. The third-order valence-electron chi connectivity index (χ3n) is 30.0. The topological polar surface area (TPSA) is 302 Å². The van der Waals surface area contributed by atoms with Crippen LogP contribution in [0.2, 0.25) is 0 Å². The lowest BCUT2D eigenvalue weighted by Crippen LogP contribution is -2.61. The molecule has 1 saturated heterocycles. The zero-order valence-electron chi connectivity index (χ0n) is 77.8. The van der Waals surface area contributed by atoms with Gasteiger partial charge >= 0.3 is 62.4 Å². The number of carbonyl (C=O) groups is 6. The summed E-state index contributed by atoms with van der Waals surface area (Å²) in [4.78, 5) is 76.9. The molecular formula is C110H173F6NO19S3. The largest absolute Gasteiger partial charge is 0.743 e. The maximum Gasteiger partial charge on any atom is 0.450 e. The molecule has 11 saturated carbocycles. The predicted octanol–water partition coefficient (Wildman–Crippen LogP) is 28.6. The molecule has 10 bridgehead atoms. The Labute approximate surface area is 835 Å². The molecule has 792 valence electrons. The number of halogens is 6. The fraction of sp³-hybridized carbons (Fsp3) is 0.682. The number of rotatable bonds is 27. The van der Waals surface area contributed by atoms with Crippen LogP contribution < -0.4 is 4.18 Å². The van der Waals surface area contributed by atoms with Crippen LogP contribution in [0, 0.1) is 85.2 Å². The van der Waals surface area contributed by atoms with E-state index in [0.717, 1.165) is 106 Å². The number of esters is 6. The van der Waals surface area contributed by atoms with Gasteiger partial charge in [-0.25, -0.2) is 13.2 Å². The lowest BCUT2D eigenvalue weighted by molar-refractivity contribution is -0.247. The molecule has 12 aliphatic rings. The van der Waals surface area contributed by atoms with Gasteiger partial charge in [-0.15, -0.1) is 0 Å². The van der Waals surface area contributed by atoms with Crippen molar-refractivity contribution >= 4 is 77.7 Å². The summed E-state index contributed by atoms with van der Waals surface area (Å²) >= 11 is 0. The molecular weight excluding hydrogens is 1850 g/mol. The number of alkyl halides is 6. The fourth-order valence-corrected chi connectivity index (χ4v) is 24.3. The van der Waals surface area contributed by atoms with Crippen LogP contribution >= 0.6 is 0 Å². The summed E-state index contributed by atoms with van der Waals surface area (Å²) in [5, 5.41) is 7.05. The van der Waals surface area contributed by atoms with Crippen molar-refractivity contribution in [2.45, 2.75) is 418 Å². The lowest BCUT2D eigenvalue weighted by Gasteiger charge is -2.61. The number of carbonyl (C=O) groups excluding carboxylic acids is 6. The first-order chi connectivity index (χ1) is 60.0. The maximum atomic E-state index is 13.8. The molecule has 5 aromatic rings. The van der Waals surface area contributed by atoms with E-state index < -0.39 is 101 Å². The van der Waals surface area contributed by atoms with Gasteiger partial charge in [0.15, 0.2) is 36.8 Å². The van der Waals surface area contributed by atoms with Gasteiger partial charge in [-0.3, -0.25) is 24.0 Å². The van der Waals surface area contributed by atoms with Gasteiger partial charge in [0.2, 0.25) is 0 Å². The Balaban J connectivity index is 0.00000164. The van der Waals surface area contributed by atoms with Crippen LogP contribution in [0.1, 0.15) is 358 Å². The van der Waals surface area contributed by atoms with Crippen molar-refractivity contribution in [2.75, 3.05) is 6.61 Å². The summed E-state index contributed by atoms with van der Waals surface area (Å²) in [6.07, 6.45) is 23.1. The molecule has 139 heavy (non-hydrogen) atoms. The molecule has 0 spiro atoms. The van der Waals surface area contributed by atoms with Crippen LogP contribution in [0.3, 0.4) is 0 Å². The zero-order chi connectivity index (χ0) is 95.5. The maximum absolute atomic E-state index is 13.8. The van der Waals surface area contributed by atoms with Crippen molar-refractivity contribution < 1.29 is 114 Å². The van der Waals surface area contributed by atoms with Crippen molar-refractivity contribution in [3.8, 4) is 11.8 Å². The molecule has 0 amide bonds. The number of benzene rings is 5. The molecule has 17 rings (SSSR count). The highest BCUT2D eigenvalue weighted by molar-refractivity contribution is 7.97. The van der Waals surface area contributed by atoms with E-state index >= 15 is 0 Å². The summed E-state index contributed by atoms with van der Waals surface area (Å²) in [5.41, 5.74) is -3.02. The van der Waals surface area contributed by atoms with Crippen LogP contribution in [-0.4, -0.2) is 120 Å². The number of nitrogens with zero attached hydrogens (tertiary/aromatic N) is 1. The van der Waals surface area contributed by atoms with Gasteiger partial charge < -0.3 is 42.3 Å². The highest BCUT2D eigenvalue weighted by atomic mass is 32.2. The Bertz CT molecular complexity index is 4930. The van der Waals surface area contributed by atoms with Crippen LogP contribution in [0.15, 0.2) is 142 Å². The minimum atomic E-state index is -7.35. The first kappa shape index (κ1) is 131. The van der Waals surface area contributed by atoms with E-state index in [0.29, 0.717) is 42.9 Å². The first-order valence-electron chi connectivity index (χ1n) is 45.9. The molecule has 0 aromatic heterocycles. The van der Waals surface area contributed by atoms with Crippen molar-refractivity contribution in [1.29, 1.82) is 5.26 Å². The Hall–Kier alpha value is -7.78. The summed E-state index contributed by atoms with van der Waals surface area (Å²) in [5.74, 6) is -6.06. The van der Waals surface area contributed by atoms with Crippen molar-refractivity contribution in [3.05, 3.63) is 133 Å². The van der Waals surface area contributed by atoms with Crippen molar-refractivity contribution in [1.82, 2.24) is 0 Å². The smallest absolute Gasteiger partial charge is 0.450 e. The first-order valence-corrected chi connectivity index (χ1v) is 49.9. The molecule has 8 atom stereocenters. The van der Waals surface area contributed by atoms with Gasteiger partial charge in [0.25, 0.3) is 0 Å². The second-order valence-electron chi connectivity index (χ2n) is 41.2. The number of fused-ring (bicyclic) bond motifs is 2. The van der Waals surface area contributed by atoms with Gasteiger partial charge in [-0.1, -0.05) is 202 Å². The molecule has 8 unspecified atom stereocenters. The third kappa shape index (κ3) is 28.3. The standard InChI is InChI=1S/C19H32O2.C18H15S.C17H16F6O6S2.C17H21NO6.C16H26O3.C13H24O2.10CH4/c1-6-17(2,3)16(20)21-18(4,5)19-10-13-7-14(11-19)9-15(8-13)12-19;1-4-10-16(11-5-1)19(17-12-6-2-7-13-17)18-14-8-3-9-15-18;1-3-10(2)11-4-5-13-9-14(7-6-12(13)8-11)29-31(27,28)17(22,23)15(18,19)16(20,21)30(24,25)26;1-4-16(2,3)14(20)22-7-11(19)23-12-9-5-10-13(12)24-15(21)17(10,6-9)8-18;1-4-14(2,3)13(17)19-16-8-11-5-12(9-16)7-15(18,6-11)10-16;1-5-12(3,4)11(14)15-13(6-2)9-7-8-10-13;;;;;;;;;;/h13-15H,6-12H2,1-5H3;1-15H;4-10H,3H2,1-2H3,(H,24,25,26);9-10,12-13H,4-7H2,1-3H3;11-12,18H,4-10H2,1-3H3;5-10H2,1-4H3;10*1H4/q;+1;;;;;;;;;;;;;;/p-1. The number of nitriles is 1. The number of aliphatic hydroxyl groups is 1. The highest BCUT2D eigenvalue weighted by Gasteiger charge is 2.81. The quantitative estimate of drug-likeness (QED) is 0.0127. The van der Waals surface area contributed by atoms with Crippen molar-refractivity contribution in [2.24, 2.45) is 73.9 Å². The van der Waals surface area contributed by atoms with Crippen LogP contribution in [0.5, 0.6) is 5.75 Å². The number of hydrogen-bond donors (Lipinski definition) is 1. The number of ether oxygens (including phenoxy) is 6. The average Bonchev–Trinajstić information content (AvgIpc) is 1.50. The fourth-order valence-electron chi connectivity index (χ4n) is 20.7. The second kappa shape index (κ2) is 50.2. The van der Waals surface area contributed by atoms with Crippen LogP contribution in [0.25, 0.3) is 10.8 Å². The monoisotopic (exact) mass is 2020 g/mol. The summed E-state index contributed by atoms with van der Waals surface area (Å²) in [6, 6.07) is 42.0. The molecule has 0 radical (unpaired) electrons. The normalized spacial score (nSPS) is 25.2. The molecule has 11 aliphatic carbocycles. The molecule has 1 N–H and O–H groups in total. The van der Waals surface area contributed by atoms with Gasteiger partial charge in [0, 0.05) is 23.7 Å². The average molecular weight is 2020 g/mol. The van der Waals surface area contributed by atoms with Crippen LogP contribution in [0.4, 0.5) is 26.3 Å². The van der Waals surface area contributed by atoms with Gasteiger partial charge in [-0.05, 0) is 317 Å². The second-order valence-corrected chi connectivity index (χ2v) is 46.2.